The lowest BCUT2D eigenvalue weighted by atomic mass is 9.85. The topological polar surface area (TPSA) is 17.1 Å². The number of benzene rings is 1. The second kappa shape index (κ2) is 7.47. The Kier molecular flexibility index (Phi) is 5.62. The molecule has 0 atom stereocenters. The Morgan fingerprint density at radius 3 is 2.42 bits per heavy atom. The molecule has 104 valence electrons. The van der Waals surface area contributed by atoms with Gasteiger partial charge in [-0.05, 0) is 24.3 Å². The van der Waals surface area contributed by atoms with Crippen LogP contribution in [0.4, 0.5) is 0 Å². The van der Waals surface area contributed by atoms with E-state index in [0.29, 0.717) is 5.78 Å². The third-order valence-corrected chi connectivity index (χ3v) is 4.32. The fourth-order valence-corrected chi connectivity index (χ4v) is 3.10. The third kappa shape index (κ3) is 4.49. The van der Waals surface area contributed by atoms with Gasteiger partial charge in [0.25, 0.3) is 0 Å². The molecule has 2 rings (SSSR count). The molecule has 0 spiro atoms. The summed E-state index contributed by atoms with van der Waals surface area (Å²) >= 11 is 0. The first-order valence-corrected chi connectivity index (χ1v) is 7.91. The molecule has 0 aliphatic heterocycles. The maximum Gasteiger partial charge on any atom is 0.162 e. The minimum atomic E-state index is 0.327. The Hall–Kier alpha value is -1.11. The standard InChI is InChI=1S/C18H26O/c1-2-6-15-9-12-17(13-10-15)18(19)14-11-16-7-4-3-5-8-16/h9-10,12-13,16H,2-8,11,14H2,1H3. The van der Waals surface area contributed by atoms with Crippen LogP contribution in [0.2, 0.25) is 0 Å². The number of Topliss-reactive ketones (excluding diaryl/α,β-unsaturated/α-hetero) is 1. The zero-order chi connectivity index (χ0) is 13.5. The van der Waals surface area contributed by atoms with Crippen LogP contribution in [0.5, 0.6) is 0 Å². The minimum absolute atomic E-state index is 0.327. The summed E-state index contributed by atoms with van der Waals surface area (Å²) in [6.45, 7) is 2.18. The summed E-state index contributed by atoms with van der Waals surface area (Å²) in [4.78, 5) is 12.2. The third-order valence-electron chi connectivity index (χ3n) is 4.32. The van der Waals surface area contributed by atoms with Gasteiger partial charge in [-0.3, -0.25) is 4.79 Å². The van der Waals surface area contributed by atoms with Crippen LogP contribution in [0.25, 0.3) is 0 Å². The second-order valence-corrected chi connectivity index (χ2v) is 5.91. The SMILES string of the molecule is CCCc1ccc(C(=O)CCC2CCCCC2)cc1. The molecule has 0 bridgehead atoms. The molecule has 0 amide bonds. The molecule has 1 aromatic rings. The molecule has 1 saturated carbocycles. The Labute approximate surface area is 117 Å². The lowest BCUT2D eigenvalue weighted by Crippen LogP contribution is -2.09. The number of aryl methyl sites for hydroxylation is 1. The van der Waals surface area contributed by atoms with E-state index in [4.69, 9.17) is 0 Å². The summed E-state index contributed by atoms with van der Waals surface area (Å²) in [7, 11) is 0. The number of carbonyl (C=O) groups is 1. The lowest BCUT2D eigenvalue weighted by molar-refractivity contribution is 0.0970. The quantitative estimate of drug-likeness (QED) is 0.642. The van der Waals surface area contributed by atoms with Gasteiger partial charge in [-0.15, -0.1) is 0 Å². The number of hydrogen-bond acceptors (Lipinski definition) is 1. The molecule has 1 fully saturated rings. The van der Waals surface area contributed by atoms with Gasteiger partial charge in [-0.1, -0.05) is 69.7 Å². The van der Waals surface area contributed by atoms with Crippen LogP contribution < -0.4 is 0 Å². The number of hydrogen-bond donors (Lipinski definition) is 0. The van der Waals surface area contributed by atoms with E-state index in [0.717, 1.165) is 37.2 Å². The van der Waals surface area contributed by atoms with E-state index in [9.17, 15) is 4.79 Å². The molecule has 0 unspecified atom stereocenters. The summed E-state index contributed by atoms with van der Waals surface area (Å²) in [6, 6.07) is 8.23. The average molecular weight is 258 g/mol. The molecule has 1 aromatic carbocycles. The van der Waals surface area contributed by atoms with Crippen LogP contribution in [0, 0.1) is 5.92 Å². The smallest absolute Gasteiger partial charge is 0.162 e. The second-order valence-electron chi connectivity index (χ2n) is 5.91. The predicted molar refractivity (Wildman–Crippen MR) is 80.6 cm³/mol. The molecular formula is C18H26O. The zero-order valence-corrected chi connectivity index (χ0v) is 12.2. The van der Waals surface area contributed by atoms with Crippen LogP contribution in [-0.2, 0) is 6.42 Å². The highest BCUT2D eigenvalue weighted by Gasteiger charge is 2.15. The van der Waals surface area contributed by atoms with E-state index in [1.54, 1.807) is 0 Å². The van der Waals surface area contributed by atoms with E-state index >= 15 is 0 Å². The summed E-state index contributed by atoms with van der Waals surface area (Å²) < 4.78 is 0. The molecule has 1 aliphatic carbocycles. The van der Waals surface area contributed by atoms with E-state index in [1.165, 1.54) is 37.7 Å². The van der Waals surface area contributed by atoms with Crippen molar-refractivity contribution >= 4 is 5.78 Å². The van der Waals surface area contributed by atoms with Gasteiger partial charge in [0.1, 0.15) is 0 Å². The molecule has 0 radical (unpaired) electrons. The Bertz CT molecular complexity index is 385. The fourth-order valence-electron chi connectivity index (χ4n) is 3.10. The molecule has 1 aliphatic rings. The average Bonchev–Trinajstić information content (AvgIpc) is 2.47. The number of rotatable bonds is 6. The van der Waals surface area contributed by atoms with Crippen molar-refractivity contribution in [3.63, 3.8) is 0 Å². The molecule has 1 heteroatoms. The molecule has 0 saturated heterocycles. The summed E-state index contributed by atoms with van der Waals surface area (Å²) in [5, 5.41) is 0. The Morgan fingerprint density at radius 2 is 1.79 bits per heavy atom. The molecule has 0 N–H and O–H groups in total. The van der Waals surface area contributed by atoms with Crippen molar-refractivity contribution in [2.45, 2.75) is 64.7 Å². The molecule has 0 heterocycles. The van der Waals surface area contributed by atoms with Crippen molar-refractivity contribution in [1.29, 1.82) is 0 Å². The Balaban J connectivity index is 1.81. The van der Waals surface area contributed by atoms with Crippen LogP contribution in [-0.4, -0.2) is 5.78 Å². The van der Waals surface area contributed by atoms with Gasteiger partial charge >= 0.3 is 0 Å². The van der Waals surface area contributed by atoms with Gasteiger partial charge in [-0.25, -0.2) is 0 Å². The highest BCUT2D eigenvalue weighted by molar-refractivity contribution is 5.96. The zero-order valence-electron chi connectivity index (χ0n) is 12.2. The van der Waals surface area contributed by atoms with Crippen LogP contribution >= 0.6 is 0 Å². The normalized spacial score (nSPS) is 16.5. The van der Waals surface area contributed by atoms with Crippen molar-refractivity contribution in [2.24, 2.45) is 5.92 Å². The number of ketones is 1. The molecular weight excluding hydrogens is 232 g/mol. The van der Waals surface area contributed by atoms with Gasteiger partial charge in [0.15, 0.2) is 5.78 Å². The van der Waals surface area contributed by atoms with Gasteiger partial charge in [0, 0.05) is 12.0 Å². The van der Waals surface area contributed by atoms with Crippen molar-refractivity contribution in [2.75, 3.05) is 0 Å². The van der Waals surface area contributed by atoms with Crippen molar-refractivity contribution in [1.82, 2.24) is 0 Å². The maximum atomic E-state index is 12.2. The van der Waals surface area contributed by atoms with E-state index in [1.807, 2.05) is 12.1 Å². The van der Waals surface area contributed by atoms with E-state index in [2.05, 4.69) is 19.1 Å². The molecule has 0 aromatic heterocycles. The monoisotopic (exact) mass is 258 g/mol. The van der Waals surface area contributed by atoms with Gasteiger partial charge < -0.3 is 0 Å². The van der Waals surface area contributed by atoms with E-state index < -0.39 is 0 Å². The fraction of sp³-hybridized carbons (Fsp3) is 0.611. The number of carbonyl (C=O) groups excluding carboxylic acids is 1. The van der Waals surface area contributed by atoms with E-state index in [-0.39, 0.29) is 0 Å². The highest BCUT2D eigenvalue weighted by atomic mass is 16.1. The van der Waals surface area contributed by atoms with Crippen molar-refractivity contribution < 1.29 is 4.79 Å². The summed E-state index contributed by atoms with van der Waals surface area (Å²) in [5.41, 5.74) is 2.24. The first-order chi connectivity index (χ1) is 9.29. The summed E-state index contributed by atoms with van der Waals surface area (Å²) in [6.07, 6.45) is 10.9. The lowest BCUT2D eigenvalue weighted by Gasteiger charge is -2.20. The van der Waals surface area contributed by atoms with Gasteiger partial charge in [0.05, 0.1) is 0 Å². The van der Waals surface area contributed by atoms with Crippen molar-refractivity contribution in [3.8, 4) is 0 Å². The predicted octanol–water partition coefficient (Wildman–Crippen LogP) is 5.18. The largest absolute Gasteiger partial charge is 0.294 e. The van der Waals surface area contributed by atoms with Crippen LogP contribution in [0.3, 0.4) is 0 Å². The van der Waals surface area contributed by atoms with Gasteiger partial charge in [-0.2, -0.15) is 0 Å². The van der Waals surface area contributed by atoms with Gasteiger partial charge in [0.2, 0.25) is 0 Å². The van der Waals surface area contributed by atoms with Crippen LogP contribution in [0.15, 0.2) is 24.3 Å². The molecule has 19 heavy (non-hydrogen) atoms. The first-order valence-electron chi connectivity index (χ1n) is 7.91. The Morgan fingerprint density at radius 1 is 1.11 bits per heavy atom. The van der Waals surface area contributed by atoms with Crippen LogP contribution in [0.1, 0.15) is 74.2 Å². The first kappa shape index (κ1) is 14.3. The maximum absolute atomic E-state index is 12.2. The summed E-state index contributed by atoms with van der Waals surface area (Å²) in [5.74, 6) is 1.13. The van der Waals surface area contributed by atoms with Crippen molar-refractivity contribution in [3.05, 3.63) is 35.4 Å². The highest BCUT2D eigenvalue weighted by Crippen LogP contribution is 2.27. The molecule has 1 nitrogen and oxygen atoms in total. The minimum Gasteiger partial charge on any atom is -0.294 e.